The van der Waals surface area contributed by atoms with E-state index in [0.717, 1.165) is 11.3 Å². The number of aromatic amines is 1. The minimum Gasteiger partial charge on any atom is -0.506 e. The van der Waals surface area contributed by atoms with E-state index in [9.17, 15) is 20.0 Å². The van der Waals surface area contributed by atoms with Crippen LogP contribution in [-0.4, -0.2) is 40.5 Å². The summed E-state index contributed by atoms with van der Waals surface area (Å²) in [5.41, 5.74) is 3.62. The number of alkyl halides is 1. The first-order valence-corrected chi connectivity index (χ1v) is 10.8. The van der Waals surface area contributed by atoms with Gasteiger partial charge in [-0.3, -0.25) is 10.1 Å². The summed E-state index contributed by atoms with van der Waals surface area (Å²) >= 11 is 6.33. The van der Waals surface area contributed by atoms with E-state index in [1.807, 2.05) is 4.90 Å². The predicted molar refractivity (Wildman–Crippen MR) is 123 cm³/mol. The maximum Gasteiger partial charge on any atom is 0.340 e. The van der Waals surface area contributed by atoms with E-state index < -0.39 is 10.9 Å². The first-order valence-electron chi connectivity index (χ1n) is 10.3. The highest BCUT2D eigenvalue weighted by Crippen LogP contribution is 2.47. The number of ether oxygens (including phenoxy) is 1. The molecule has 0 spiro atoms. The zero-order chi connectivity index (χ0) is 23.4. The summed E-state index contributed by atoms with van der Waals surface area (Å²) in [5.74, 6) is 0.374. The van der Waals surface area contributed by atoms with Gasteiger partial charge in [0.15, 0.2) is 0 Å². The minimum absolute atomic E-state index is 0.00551. The maximum absolute atomic E-state index is 12.5. The van der Waals surface area contributed by atoms with Crippen molar-refractivity contribution in [3.8, 4) is 5.75 Å². The number of carbonyl (C=O) groups is 1. The SMILES string of the molecule is COC(=O)c1c(C)[nH]c2c(O)cc3c(c12)[C@H](CCl)CN3Cc1cc2cc([N+](=O)[O-])ccc2o1. The molecule has 5 rings (SSSR count). The maximum atomic E-state index is 12.5. The van der Waals surface area contributed by atoms with Crippen molar-refractivity contribution in [3.63, 3.8) is 0 Å². The molecular formula is C23H20ClN3O6. The van der Waals surface area contributed by atoms with Crippen molar-refractivity contribution in [2.45, 2.75) is 19.4 Å². The van der Waals surface area contributed by atoms with Crippen molar-refractivity contribution in [1.29, 1.82) is 0 Å². The lowest BCUT2D eigenvalue weighted by atomic mass is 9.95. The fourth-order valence-electron chi connectivity index (χ4n) is 4.72. The monoisotopic (exact) mass is 469 g/mol. The van der Waals surface area contributed by atoms with Crippen LogP contribution in [-0.2, 0) is 11.3 Å². The third-order valence-corrected chi connectivity index (χ3v) is 6.51. The number of non-ortho nitro benzene ring substituents is 1. The van der Waals surface area contributed by atoms with Gasteiger partial charge in [0.25, 0.3) is 5.69 Å². The van der Waals surface area contributed by atoms with E-state index in [-0.39, 0.29) is 17.4 Å². The van der Waals surface area contributed by atoms with Crippen LogP contribution >= 0.6 is 11.6 Å². The summed E-state index contributed by atoms with van der Waals surface area (Å²) in [4.78, 5) is 28.3. The number of methoxy groups -OCH3 is 1. The predicted octanol–water partition coefficient (Wildman–Crippen LogP) is 4.97. The molecule has 4 aromatic rings. The molecule has 0 saturated heterocycles. The average Bonchev–Trinajstić information content (AvgIpc) is 3.45. The lowest BCUT2D eigenvalue weighted by Crippen LogP contribution is -2.21. The van der Waals surface area contributed by atoms with Crippen molar-refractivity contribution in [3.05, 3.63) is 63.0 Å². The van der Waals surface area contributed by atoms with E-state index in [1.165, 1.54) is 19.2 Å². The Labute approximate surface area is 192 Å². The number of fused-ring (bicyclic) bond motifs is 4. The minimum atomic E-state index is -0.489. The molecule has 0 fully saturated rings. The number of aryl methyl sites for hydroxylation is 1. The van der Waals surface area contributed by atoms with Crippen molar-refractivity contribution >= 4 is 50.8 Å². The van der Waals surface area contributed by atoms with Crippen molar-refractivity contribution in [2.75, 3.05) is 24.4 Å². The van der Waals surface area contributed by atoms with Gasteiger partial charge in [-0.25, -0.2) is 4.79 Å². The Hall–Kier alpha value is -3.72. The number of halogens is 1. The molecule has 0 aliphatic carbocycles. The number of phenolic OH excluding ortho intramolecular Hbond substituents is 1. The van der Waals surface area contributed by atoms with Crippen LogP contribution in [0.2, 0.25) is 0 Å². The summed E-state index contributed by atoms with van der Waals surface area (Å²) in [5, 5.41) is 23.1. The van der Waals surface area contributed by atoms with Crippen LogP contribution in [0.4, 0.5) is 11.4 Å². The Bertz CT molecular complexity index is 1440. The second-order valence-electron chi connectivity index (χ2n) is 8.12. The Morgan fingerprint density at radius 2 is 2.18 bits per heavy atom. The molecule has 2 aromatic heterocycles. The molecule has 3 heterocycles. The third kappa shape index (κ3) is 3.27. The Morgan fingerprint density at radius 3 is 2.88 bits per heavy atom. The summed E-state index contributed by atoms with van der Waals surface area (Å²) in [6, 6.07) is 7.89. The van der Waals surface area contributed by atoms with Crippen LogP contribution in [0.15, 0.2) is 34.7 Å². The van der Waals surface area contributed by atoms with Crippen LogP contribution in [0.25, 0.3) is 21.9 Å². The largest absolute Gasteiger partial charge is 0.506 e. The number of rotatable bonds is 5. The first-order chi connectivity index (χ1) is 15.8. The van der Waals surface area contributed by atoms with Crippen molar-refractivity contribution in [2.24, 2.45) is 0 Å². The molecule has 1 atom stereocenters. The summed E-state index contributed by atoms with van der Waals surface area (Å²) < 4.78 is 10.9. The van der Waals surface area contributed by atoms with Gasteiger partial charge >= 0.3 is 5.97 Å². The quantitative estimate of drug-likeness (QED) is 0.183. The molecule has 0 unspecified atom stereocenters. The molecule has 170 valence electrons. The lowest BCUT2D eigenvalue weighted by molar-refractivity contribution is -0.384. The summed E-state index contributed by atoms with van der Waals surface area (Å²) in [6.07, 6.45) is 0. The van der Waals surface area contributed by atoms with Crippen LogP contribution in [0.5, 0.6) is 5.75 Å². The Kier molecular flexibility index (Phi) is 4.93. The highest BCUT2D eigenvalue weighted by molar-refractivity contribution is 6.19. The number of furan rings is 1. The number of hydrogen-bond donors (Lipinski definition) is 2. The van der Waals surface area contributed by atoms with E-state index in [4.69, 9.17) is 20.8 Å². The van der Waals surface area contributed by atoms with Gasteiger partial charge in [-0.1, -0.05) is 0 Å². The van der Waals surface area contributed by atoms with E-state index in [2.05, 4.69) is 4.98 Å². The molecule has 0 bridgehead atoms. The number of nitro groups is 1. The fourth-order valence-corrected chi connectivity index (χ4v) is 4.97. The van der Waals surface area contributed by atoms with Crippen molar-refractivity contribution < 1.29 is 24.0 Å². The van der Waals surface area contributed by atoms with Gasteiger partial charge in [-0.05, 0) is 24.6 Å². The second kappa shape index (κ2) is 7.70. The van der Waals surface area contributed by atoms with Crippen LogP contribution in [0.1, 0.15) is 33.3 Å². The molecule has 2 aromatic carbocycles. The van der Waals surface area contributed by atoms with Gasteiger partial charge in [0, 0.05) is 58.7 Å². The number of aromatic nitrogens is 1. The van der Waals surface area contributed by atoms with Crippen LogP contribution < -0.4 is 4.90 Å². The lowest BCUT2D eigenvalue weighted by Gasteiger charge is -2.18. The highest BCUT2D eigenvalue weighted by atomic mass is 35.5. The molecule has 0 amide bonds. The van der Waals surface area contributed by atoms with Crippen LogP contribution in [0, 0.1) is 17.0 Å². The van der Waals surface area contributed by atoms with Gasteiger partial charge < -0.3 is 24.1 Å². The van der Waals surface area contributed by atoms with Gasteiger partial charge in [0.1, 0.15) is 17.1 Å². The number of nitro benzene ring substituents is 1. The van der Waals surface area contributed by atoms with E-state index in [1.54, 1.807) is 25.1 Å². The normalized spacial score (nSPS) is 15.4. The zero-order valence-corrected chi connectivity index (χ0v) is 18.6. The van der Waals surface area contributed by atoms with Gasteiger partial charge in [-0.2, -0.15) is 0 Å². The number of H-pyrrole nitrogens is 1. The topological polar surface area (TPSA) is 122 Å². The molecule has 33 heavy (non-hydrogen) atoms. The number of aromatic hydroxyl groups is 1. The summed E-state index contributed by atoms with van der Waals surface area (Å²) in [7, 11) is 1.32. The molecule has 0 saturated carbocycles. The first kappa shape index (κ1) is 21.1. The fraction of sp³-hybridized carbons (Fsp3) is 0.261. The Balaban J connectivity index is 1.61. The molecule has 10 heteroatoms. The molecule has 1 aliphatic rings. The Morgan fingerprint density at radius 1 is 1.39 bits per heavy atom. The number of benzene rings is 2. The van der Waals surface area contributed by atoms with Gasteiger partial charge in [0.2, 0.25) is 0 Å². The number of hydrogen-bond acceptors (Lipinski definition) is 7. The third-order valence-electron chi connectivity index (χ3n) is 6.14. The number of esters is 1. The average molecular weight is 470 g/mol. The summed E-state index contributed by atoms with van der Waals surface area (Å²) in [6.45, 7) is 2.68. The number of anilines is 1. The molecule has 2 N–H and O–H groups in total. The second-order valence-corrected chi connectivity index (χ2v) is 8.43. The number of carbonyl (C=O) groups excluding carboxylic acids is 1. The standard InChI is InChI=1S/C23H20ClN3O6/c1-11-19(23(29)32-2)21-20-13(8-24)9-26(16(20)7-17(28)22(21)25-11)10-15-6-12-5-14(27(30)31)3-4-18(12)33-15/h3-7,13,25,28H,8-10H2,1-2H3/t13-/m1/s1. The smallest absolute Gasteiger partial charge is 0.340 e. The number of nitrogens with zero attached hydrogens (tertiary/aromatic N) is 2. The van der Waals surface area contributed by atoms with E-state index in [0.29, 0.717) is 57.9 Å². The van der Waals surface area contributed by atoms with Crippen molar-refractivity contribution in [1.82, 2.24) is 4.98 Å². The number of phenols is 1. The molecule has 0 radical (unpaired) electrons. The highest BCUT2D eigenvalue weighted by Gasteiger charge is 2.35. The number of nitrogens with one attached hydrogen (secondary N) is 1. The van der Waals surface area contributed by atoms with E-state index >= 15 is 0 Å². The molecule has 1 aliphatic heterocycles. The van der Waals surface area contributed by atoms with Gasteiger partial charge in [-0.15, -0.1) is 11.6 Å². The molecule has 9 nitrogen and oxygen atoms in total. The molecular weight excluding hydrogens is 450 g/mol. The zero-order valence-electron chi connectivity index (χ0n) is 17.8. The van der Waals surface area contributed by atoms with Gasteiger partial charge in [0.05, 0.1) is 29.7 Å². The van der Waals surface area contributed by atoms with Crippen LogP contribution in [0.3, 0.4) is 0 Å².